The second kappa shape index (κ2) is 7.39. The molecule has 8 nitrogen and oxygen atoms in total. The fraction of sp³-hybridized carbons (Fsp3) is 0.500. The number of amides is 1. The Morgan fingerprint density at radius 2 is 1.88 bits per heavy atom. The SMILES string of the molecule is CC(C)N(Cc1ccc([N+](=O)[O-])cc1)C(=O)[C@@H]1CC[C@H](C(=O)O)O1. The molecule has 2 atom stereocenters. The van der Waals surface area contributed by atoms with Gasteiger partial charge in [-0.3, -0.25) is 14.9 Å². The number of carboxylic acid groups (broad SMARTS) is 1. The lowest BCUT2D eigenvalue weighted by Crippen LogP contribution is -2.43. The summed E-state index contributed by atoms with van der Waals surface area (Å²) in [5, 5.41) is 19.6. The predicted octanol–water partition coefficient (Wildman–Crippen LogP) is 1.96. The summed E-state index contributed by atoms with van der Waals surface area (Å²) >= 11 is 0. The van der Waals surface area contributed by atoms with Gasteiger partial charge in [0.25, 0.3) is 11.6 Å². The minimum Gasteiger partial charge on any atom is -0.479 e. The molecule has 130 valence electrons. The van der Waals surface area contributed by atoms with Gasteiger partial charge in [0.05, 0.1) is 4.92 Å². The van der Waals surface area contributed by atoms with Crippen molar-refractivity contribution < 1.29 is 24.4 Å². The van der Waals surface area contributed by atoms with E-state index in [1.807, 2.05) is 13.8 Å². The quantitative estimate of drug-likeness (QED) is 0.628. The Morgan fingerprint density at radius 1 is 1.29 bits per heavy atom. The van der Waals surface area contributed by atoms with Crippen molar-refractivity contribution in [1.29, 1.82) is 0 Å². The van der Waals surface area contributed by atoms with E-state index in [4.69, 9.17) is 9.84 Å². The van der Waals surface area contributed by atoms with Crippen molar-refractivity contribution in [3.8, 4) is 0 Å². The zero-order valence-corrected chi connectivity index (χ0v) is 13.5. The van der Waals surface area contributed by atoms with E-state index in [1.165, 1.54) is 12.1 Å². The molecule has 2 rings (SSSR count). The summed E-state index contributed by atoms with van der Waals surface area (Å²) in [4.78, 5) is 35.4. The highest BCUT2D eigenvalue weighted by Gasteiger charge is 2.37. The first-order valence-corrected chi connectivity index (χ1v) is 7.71. The third-order valence-electron chi connectivity index (χ3n) is 3.98. The molecule has 0 radical (unpaired) electrons. The molecule has 1 aromatic carbocycles. The lowest BCUT2D eigenvalue weighted by molar-refractivity contribution is -0.384. The molecule has 0 saturated carbocycles. The maximum atomic E-state index is 12.6. The second-order valence-electron chi connectivity index (χ2n) is 6.01. The zero-order chi connectivity index (χ0) is 17.9. The molecular weight excluding hydrogens is 316 g/mol. The summed E-state index contributed by atoms with van der Waals surface area (Å²) in [5.74, 6) is -1.32. The number of aliphatic carboxylic acids is 1. The highest BCUT2D eigenvalue weighted by molar-refractivity contribution is 5.83. The van der Waals surface area contributed by atoms with Crippen LogP contribution in [0.15, 0.2) is 24.3 Å². The van der Waals surface area contributed by atoms with Gasteiger partial charge in [0.1, 0.15) is 6.10 Å². The summed E-state index contributed by atoms with van der Waals surface area (Å²) in [5.41, 5.74) is 0.750. The molecule has 1 aliphatic heterocycles. The molecule has 0 spiro atoms. The molecule has 0 aromatic heterocycles. The Kier molecular flexibility index (Phi) is 5.50. The average molecular weight is 336 g/mol. The van der Waals surface area contributed by atoms with Crippen molar-refractivity contribution in [2.45, 2.75) is 51.5 Å². The number of hydrogen-bond donors (Lipinski definition) is 1. The molecule has 1 saturated heterocycles. The number of ether oxygens (including phenoxy) is 1. The lowest BCUT2D eigenvalue weighted by Gasteiger charge is -2.29. The number of carbonyl (C=O) groups is 2. The maximum absolute atomic E-state index is 12.6. The van der Waals surface area contributed by atoms with Crippen molar-refractivity contribution in [1.82, 2.24) is 4.90 Å². The highest BCUT2D eigenvalue weighted by Crippen LogP contribution is 2.23. The van der Waals surface area contributed by atoms with E-state index in [0.29, 0.717) is 12.8 Å². The largest absolute Gasteiger partial charge is 0.479 e. The van der Waals surface area contributed by atoms with Crippen molar-refractivity contribution in [2.24, 2.45) is 0 Å². The van der Waals surface area contributed by atoms with Crippen LogP contribution in [-0.4, -0.2) is 45.1 Å². The van der Waals surface area contributed by atoms with Crippen LogP contribution in [0.3, 0.4) is 0 Å². The third kappa shape index (κ3) is 4.08. The molecule has 0 aliphatic carbocycles. The summed E-state index contributed by atoms with van der Waals surface area (Å²) in [6.07, 6.45) is -1.01. The first-order valence-electron chi connectivity index (χ1n) is 7.71. The van der Waals surface area contributed by atoms with Crippen molar-refractivity contribution in [3.63, 3.8) is 0 Å². The number of carbonyl (C=O) groups excluding carboxylic acids is 1. The van der Waals surface area contributed by atoms with Gasteiger partial charge in [-0.1, -0.05) is 12.1 Å². The van der Waals surface area contributed by atoms with Gasteiger partial charge in [-0.05, 0) is 32.3 Å². The van der Waals surface area contributed by atoms with Crippen LogP contribution in [0.1, 0.15) is 32.3 Å². The van der Waals surface area contributed by atoms with Gasteiger partial charge in [-0.15, -0.1) is 0 Å². The molecule has 1 fully saturated rings. The predicted molar refractivity (Wildman–Crippen MR) is 84.3 cm³/mol. The van der Waals surface area contributed by atoms with E-state index in [2.05, 4.69) is 0 Å². The van der Waals surface area contributed by atoms with Crippen molar-refractivity contribution in [2.75, 3.05) is 0 Å². The first kappa shape index (κ1) is 17.9. The van der Waals surface area contributed by atoms with Gasteiger partial charge in [0, 0.05) is 24.7 Å². The highest BCUT2D eigenvalue weighted by atomic mass is 16.6. The number of nitro groups is 1. The Balaban J connectivity index is 2.07. The van der Waals surface area contributed by atoms with Gasteiger partial charge >= 0.3 is 5.97 Å². The van der Waals surface area contributed by atoms with E-state index in [0.717, 1.165) is 5.56 Å². The summed E-state index contributed by atoms with van der Waals surface area (Å²) in [6, 6.07) is 5.89. The molecular formula is C16H20N2O6. The van der Waals surface area contributed by atoms with Gasteiger partial charge in [-0.25, -0.2) is 4.79 Å². The molecule has 1 aliphatic rings. The van der Waals surface area contributed by atoms with Crippen molar-refractivity contribution in [3.05, 3.63) is 39.9 Å². The summed E-state index contributed by atoms with van der Waals surface area (Å²) < 4.78 is 5.32. The number of nitro benzene ring substituents is 1. The Morgan fingerprint density at radius 3 is 2.33 bits per heavy atom. The molecule has 0 unspecified atom stereocenters. The fourth-order valence-electron chi connectivity index (χ4n) is 2.62. The Labute approximate surface area is 139 Å². The fourth-order valence-corrected chi connectivity index (χ4v) is 2.62. The molecule has 1 N–H and O–H groups in total. The van der Waals surface area contributed by atoms with Crippen LogP contribution in [0.4, 0.5) is 5.69 Å². The smallest absolute Gasteiger partial charge is 0.332 e. The van der Waals surface area contributed by atoms with Gasteiger partial charge in [0.2, 0.25) is 0 Å². The van der Waals surface area contributed by atoms with Crippen LogP contribution in [0.5, 0.6) is 0 Å². The van der Waals surface area contributed by atoms with Crippen LogP contribution in [0, 0.1) is 10.1 Å². The van der Waals surface area contributed by atoms with Crippen LogP contribution < -0.4 is 0 Å². The van der Waals surface area contributed by atoms with Crippen molar-refractivity contribution >= 4 is 17.6 Å². The van der Waals surface area contributed by atoms with E-state index < -0.39 is 23.1 Å². The van der Waals surface area contributed by atoms with E-state index in [1.54, 1.807) is 17.0 Å². The summed E-state index contributed by atoms with van der Waals surface area (Å²) in [7, 11) is 0. The topological polar surface area (TPSA) is 110 Å². The molecule has 0 bridgehead atoms. The zero-order valence-electron chi connectivity index (χ0n) is 13.5. The van der Waals surface area contributed by atoms with E-state index in [9.17, 15) is 19.7 Å². The standard InChI is InChI=1S/C16H20N2O6/c1-10(2)17(9-11-3-5-12(6-4-11)18(22)23)15(19)13-7-8-14(24-13)16(20)21/h3-6,10,13-14H,7-9H2,1-2H3,(H,20,21)/t13-,14+/m0/s1. The van der Waals surface area contributed by atoms with Crippen LogP contribution in [0.2, 0.25) is 0 Å². The van der Waals surface area contributed by atoms with E-state index in [-0.39, 0.29) is 24.2 Å². The number of non-ortho nitro benzene ring substituents is 1. The minimum atomic E-state index is -1.06. The molecule has 1 aromatic rings. The van der Waals surface area contributed by atoms with E-state index >= 15 is 0 Å². The molecule has 24 heavy (non-hydrogen) atoms. The summed E-state index contributed by atoms with van der Waals surface area (Å²) in [6.45, 7) is 3.99. The third-order valence-corrected chi connectivity index (χ3v) is 3.98. The molecule has 1 amide bonds. The number of benzene rings is 1. The molecule has 1 heterocycles. The number of rotatable bonds is 6. The lowest BCUT2D eigenvalue weighted by atomic mass is 10.1. The first-order chi connectivity index (χ1) is 11.3. The van der Waals surface area contributed by atoms with Gasteiger partial charge in [-0.2, -0.15) is 0 Å². The van der Waals surface area contributed by atoms with Crippen LogP contribution in [-0.2, 0) is 20.9 Å². The minimum absolute atomic E-state index is 0.00963. The monoisotopic (exact) mass is 336 g/mol. The number of nitrogens with zero attached hydrogens (tertiary/aromatic N) is 2. The normalized spacial score (nSPS) is 20.1. The van der Waals surface area contributed by atoms with Crippen LogP contribution in [0.25, 0.3) is 0 Å². The number of carboxylic acids is 1. The maximum Gasteiger partial charge on any atom is 0.332 e. The molecule has 8 heteroatoms. The Bertz CT molecular complexity index is 628. The van der Waals surface area contributed by atoms with Gasteiger partial charge < -0.3 is 14.7 Å². The average Bonchev–Trinajstić information content (AvgIpc) is 3.02. The second-order valence-corrected chi connectivity index (χ2v) is 6.01. The Hall–Kier alpha value is -2.48. The van der Waals surface area contributed by atoms with Crippen LogP contribution >= 0.6 is 0 Å². The van der Waals surface area contributed by atoms with Gasteiger partial charge in [0.15, 0.2) is 6.10 Å². The number of hydrogen-bond acceptors (Lipinski definition) is 5.